The topological polar surface area (TPSA) is 35.2 Å². The summed E-state index contributed by atoms with van der Waals surface area (Å²) in [6.07, 6.45) is 2.35. The number of hydrogen-bond acceptors (Lipinski definition) is 4. The first-order valence-electron chi connectivity index (χ1n) is 8.84. The van der Waals surface area contributed by atoms with E-state index in [0.717, 1.165) is 19.4 Å². The van der Waals surface area contributed by atoms with Crippen molar-refractivity contribution < 1.29 is 9.13 Å². The van der Waals surface area contributed by atoms with E-state index in [4.69, 9.17) is 22.1 Å². The molecule has 2 aromatic rings. The Labute approximate surface area is 152 Å². The van der Waals surface area contributed by atoms with Crippen molar-refractivity contribution in [2.75, 3.05) is 13.2 Å². The predicted molar refractivity (Wildman–Crippen MR) is 96.3 cm³/mol. The van der Waals surface area contributed by atoms with E-state index in [0.29, 0.717) is 41.5 Å². The lowest BCUT2D eigenvalue weighted by Gasteiger charge is -2.36. The van der Waals surface area contributed by atoms with Gasteiger partial charge in [-0.2, -0.15) is 5.10 Å². The summed E-state index contributed by atoms with van der Waals surface area (Å²) in [5.41, 5.74) is 0.516. The highest BCUT2D eigenvalue weighted by Crippen LogP contribution is 2.39. The minimum Gasteiger partial charge on any atom is -0.376 e. The molecular formula is C18H23FN4OS. The van der Waals surface area contributed by atoms with Gasteiger partial charge < -0.3 is 4.74 Å². The average molecular weight is 362 g/mol. The molecule has 1 saturated heterocycles. The van der Waals surface area contributed by atoms with Crippen molar-refractivity contribution in [2.45, 2.75) is 51.5 Å². The SMILES string of the molecule is CC1CN(Cn2nc(-c3ccccc3F)n(C3CC3)c2=S)C(C)CO1. The van der Waals surface area contributed by atoms with Crippen molar-refractivity contribution in [2.24, 2.45) is 0 Å². The molecule has 2 atom stereocenters. The fraction of sp³-hybridized carbons (Fsp3) is 0.556. The first-order chi connectivity index (χ1) is 12.0. The molecule has 1 saturated carbocycles. The molecule has 1 aliphatic carbocycles. The maximum absolute atomic E-state index is 14.3. The van der Waals surface area contributed by atoms with E-state index in [2.05, 4.69) is 18.7 Å². The Kier molecular flexibility index (Phi) is 4.47. The molecule has 25 heavy (non-hydrogen) atoms. The minimum absolute atomic E-state index is 0.196. The van der Waals surface area contributed by atoms with Crippen LogP contribution in [0.5, 0.6) is 0 Å². The van der Waals surface area contributed by atoms with Crippen LogP contribution in [0.4, 0.5) is 4.39 Å². The highest BCUT2D eigenvalue weighted by Gasteiger charge is 2.31. The summed E-state index contributed by atoms with van der Waals surface area (Å²) in [5, 5.41) is 4.71. The van der Waals surface area contributed by atoms with E-state index in [-0.39, 0.29) is 11.9 Å². The van der Waals surface area contributed by atoms with Gasteiger partial charge in [0.15, 0.2) is 10.6 Å². The summed E-state index contributed by atoms with van der Waals surface area (Å²) < 4.78 is 24.6. The third-order valence-electron chi connectivity index (χ3n) is 4.95. The van der Waals surface area contributed by atoms with Gasteiger partial charge in [0.2, 0.25) is 0 Å². The fourth-order valence-electron chi connectivity index (χ4n) is 3.34. The molecule has 4 rings (SSSR count). The molecular weight excluding hydrogens is 339 g/mol. The molecule has 1 aromatic carbocycles. The van der Waals surface area contributed by atoms with E-state index in [1.807, 2.05) is 15.3 Å². The number of nitrogens with zero attached hydrogens (tertiary/aromatic N) is 4. The van der Waals surface area contributed by atoms with Gasteiger partial charge in [-0.05, 0) is 51.0 Å². The molecule has 5 nitrogen and oxygen atoms in total. The summed E-state index contributed by atoms with van der Waals surface area (Å²) in [6.45, 7) is 6.37. The highest BCUT2D eigenvalue weighted by atomic mass is 32.1. The third kappa shape index (κ3) is 3.28. The van der Waals surface area contributed by atoms with Gasteiger partial charge in [-0.25, -0.2) is 9.07 Å². The minimum atomic E-state index is -0.259. The summed E-state index contributed by atoms with van der Waals surface area (Å²) in [6, 6.07) is 7.43. The van der Waals surface area contributed by atoms with Crippen LogP contribution in [0.3, 0.4) is 0 Å². The molecule has 0 N–H and O–H groups in total. The van der Waals surface area contributed by atoms with Crippen molar-refractivity contribution in [1.29, 1.82) is 0 Å². The molecule has 1 aliphatic heterocycles. The average Bonchev–Trinajstić information content (AvgIpc) is 3.37. The Hall–Kier alpha value is -1.57. The van der Waals surface area contributed by atoms with Gasteiger partial charge in [0, 0.05) is 18.6 Å². The summed E-state index contributed by atoms with van der Waals surface area (Å²) in [5.74, 6) is 0.379. The molecule has 1 aromatic heterocycles. The Morgan fingerprint density at radius 2 is 2.04 bits per heavy atom. The lowest BCUT2D eigenvalue weighted by Crippen LogP contribution is -2.47. The Morgan fingerprint density at radius 1 is 1.28 bits per heavy atom. The Morgan fingerprint density at radius 3 is 2.76 bits per heavy atom. The smallest absolute Gasteiger partial charge is 0.199 e. The second kappa shape index (κ2) is 6.63. The van der Waals surface area contributed by atoms with Crippen LogP contribution in [0.1, 0.15) is 32.7 Å². The number of benzene rings is 1. The van der Waals surface area contributed by atoms with Gasteiger partial charge in [-0.3, -0.25) is 9.47 Å². The van der Waals surface area contributed by atoms with Gasteiger partial charge in [0.25, 0.3) is 0 Å². The van der Waals surface area contributed by atoms with E-state index in [1.165, 1.54) is 6.07 Å². The van der Waals surface area contributed by atoms with Gasteiger partial charge >= 0.3 is 0 Å². The quantitative estimate of drug-likeness (QED) is 0.778. The Bertz CT molecular complexity index is 829. The van der Waals surface area contributed by atoms with Crippen LogP contribution in [0.2, 0.25) is 0 Å². The molecule has 0 bridgehead atoms. The van der Waals surface area contributed by atoms with Crippen molar-refractivity contribution in [1.82, 2.24) is 19.2 Å². The lowest BCUT2D eigenvalue weighted by molar-refractivity contribution is -0.0625. The number of aromatic nitrogens is 3. The molecule has 0 radical (unpaired) electrons. The second-order valence-corrected chi connectivity index (χ2v) is 7.46. The largest absolute Gasteiger partial charge is 0.376 e. The van der Waals surface area contributed by atoms with Crippen LogP contribution >= 0.6 is 12.2 Å². The van der Waals surface area contributed by atoms with Crippen LogP contribution in [0.15, 0.2) is 24.3 Å². The maximum Gasteiger partial charge on any atom is 0.199 e. The van der Waals surface area contributed by atoms with Crippen molar-refractivity contribution in [3.63, 3.8) is 0 Å². The number of morpholine rings is 1. The molecule has 7 heteroatoms. The molecule has 2 fully saturated rings. The van der Waals surface area contributed by atoms with E-state index in [1.54, 1.807) is 12.1 Å². The second-order valence-electron chi connectivity index (χ2n) is 7.09. The summed E-state index contributed by atoms with van der Waals surface area (Å²) >= 11 is 5.69. The van der Waals surface area contributed by atoms with Crippen molar-refractivity contribution >= 4 is 12.2 Å². The highest BCUT2D eigenvalue weighted by molar-refractivity contribution is 7.71. The number of halogens is 1. The van der Waals surface area contributed by atoms with E-state index >= 15 is 0 Å². The number of hydrogen-bond donors (Lipinski definition) is 0. The van der Waals surface area contributed by atoms with Crippen molar-refractivity contribution in [3.05, 3.63) is 34.9 Å². The molecule has 134 valence electrons. The molecule has 0 spiro atoms. The molecule has 2 unspecified atom stereocenters. The molecule has 2 aliphatic rings. The normalized spacial score (nSPS) is 24.6. The van der Waals surface area contributed by atoms with Crippen LogP contribution in [0.25, 0.3) is 11.4 Å². The lowest BCUT2D eigenvalue weighted by atomic mass is 10.2. The third-order valence-corrected chi connectivity index (χ3v) is 5.36. The first kappa shape index (κ1) is 16.9. The van der Waals surface area contributed by atoms with Crippen molar-refractivity contribution in [3.8, 4) is 11.4 Å². The van der Waals surface area contributed by atoms with E-state index in [9.17, 15) is 4.39 Å². The van der Waals surface area contributed by atoms with E-state index < -0.39 is 0 Å². The van der Waals surface area contributed by atoms with Gasteiger partial charge in [0.05, 0.1) is 24.9 Å². The molecule has 0 amide bonds. The van der Waals surface area contributed by atoms with Gasteiger partial charge in [-0.15, -0.1) is 0 Å². The van der Waals surface area contributed by atoms with Crippen LogP contribution in [-0.4, -0.2) is 44.5 Å². The zero-order valence-electron chi connectivity index (χ0n) is 14.6. The van der Waals surface area contributed by atoms with Gasteiger partial charge in [0.1, 0.15) is 5.82 Å². The zero-order valence-corrected chi connectivity index (χ0v) is 15.4. The summed E-state index contributed by atoms with van der Waals surface area (Å²) in [4.78, 5) is 2.32. The first-order valence-corrected chi connectivity index (χ1v) is 9.25. The fourth-order valence-corrected chi connectivity index (χ4v) is 3.68. The van der Waals surface area contributed by atoms with Gasteiger partial charge in [-0.1, -0.05) is 12.1 Å². The maximum atomic E-state index is 14.3. The standard InChI is InChI=1S/C18H23FN4OS/c1-12-10-24-13(2)9-21(12)11-22-18(25)23(14-7-8-14)17(20-22)15-5-3-4-6-16(15)19/h3-6,12-14H,7-11H2,1-2H3. The number of ether oxygens (including phenoxy) is 1. The summed E-state index contributed by atoms with van der Waals surface area (Å²) in [7, 11) is 0. The number of rotatable bonds is 4. The Balaban J connectivity index is 1.71. The molecule has 2 heterocycles. The van der Waals surface area contributed by atoms with Crippen LogP contribution in [0, 0.1) is 10.6 Å². The predicted octanol–water partition coefficient (Wildman–Crippen LogP) is 3.62. The zero-order chi connectivity index (χ0) is 17.6. The van der Waals surface area contributed by atoms with Crippen LogP contribution in [-0.2, 0) is 11.4 Å². The monoisotopic (exact) mass is 362 g/mol. The van der Waals surface area contributed by atoms with Crippen LogP contribution < -0.4 is 0 Å².